The molecule has 1 aromatic heterocycles. The third kappa shape index (κ3) is 3.97. The third-order valence-electron chi connectivity index (χ3n) is 5.66. The molecule has 3 aromatic rings. The summed E-state index contributed by atoms with van der Waals surface area (Å²) < 4.78 is 25.2. The molecule has 8 nitrogen and oxygen atoms in total. The van der Waals surface area contributed by atoms with Gasteiger partial charge in [0.25, 0.3) is 5.56 Å². The van der Waals surface area contributed by atoms with E-state index in [9.17, 15) is 18.9 Å². The van der Waals surface area contributed by atoms with Gasteiger partial charge in [-0.1, -0.05) is 6.07 Å². The first-order valence-corrected chi connectivity index (χ1v) is 11.5. The van der Waals surface area contributed by atoms with Gasteiger partial charge in [0.2, 0.25) is 0 Å². The fourth-order valence-corrected chi connectivity index (χ4v) is 5.34. The second kappa shape index (κ2) is 8.58. The molecule has 0 radical (unpaired) electrons. The van der Waals surface area contributed by atoms with E-state index < -0.39 is 22.0 Å². The minimum Gasteiger partial charge on any atom is -0.508 e. The summed E-state index contributed by atoms with van der Waals surface area (Å²) in [4.78, 5) is 26.7. The number of rotatable bonds is 5. The van der Waals surface area contributed by atoms with E-state index in [-0.39, 0.29) is 23.7 Å². The fraction of sp³-hybridized carbons (Fsp3) is 0.364. The van der Waals surface area contributed by atoms with Gasteiger partial charge in [-0.2, -0.15) is 0 Å². The van der Waals surface area contributed by atoms with Crippen molar-refractivity contribution in [1.82, 2.24) is 9.13 Å². The molecule has 2 aromatic carbocycles. The van der Waals surface area contributed by atoms with Crippen LogP contribution in [-0.2, 0) is 17.3 Å². The molecular weight excluding hydrogens is 420 g/mol. The van der Waals surface area contributed by atoms with Gasteiger partial charge in [-0.05, 0) is 48.7 Å². The number of phenols is 1. The monoisotopic (exact) mass is 444 g/mol. The molecule has 0 saturated carbocycles. The molecule has 9 heteroatoms. The number of benzene rings is 2. The Morgan fingerprint density at radius 3 is 2.42 bits per heavy atom. The first-order valence-electron chi connectivity index (χ1n) is 9.97. The number of methoxy groups -OCH3 is 2. The van der Waals surface area contributed by atoms with Crippen LogP contribution < -0.4 is 20.7 Å². The van der Waals surface area contributed by atoms with E-state index in [2.05, 4.69) is 0 Å². The van der Waals surface area contributed by atoms with Crippen molar-refractivity contribution in [3.8, 4) is 17.2 Å². The summed E-state index contributed by atoms with van der Waals surface area (Å²) in [7, 11) is 2.18. The van der Waals surface area contributed by atoms with Gasteiger partial charge in [0.1, 0.15) is 5.75 Å². The smallest absolute Gasteiger partial charge is 0.332 e. The zero-order chi connectivity index (χ0) is 22.1. The number of aromatic nitrogens is 2. The molecule has 0 spiro atoms. The van der Waals surface area contributed by atoms with Crippen LogP contribution in [-0.4, -0.2) is 44.2 Å². The minimum absolute atomic E-state index is 0.0439. The maximum absolute atomic E-state index is 13.5. The van der Waals surface area contributed by atoms with Crippen LogP contribution in [0.1, 0.15) is 24.4 Å². The topological polar surface area (TPSA) is 99.8 Å². The molecule has 4 rings (SSSR count). The molecule has 1 aliphatic rings. The van der Waals surface area contributed by atoms with Gasteiger partial charge in [-0.25, -0.2) is 4.79 Å². The van der Waals surface area contributed by atoms with Crippen LogP contribution in [0.5, 0.6) is 17.2 Å². The maximum Gasteiger partial charge on any atom is 0.332 e. The predicted molar refractivity (Wildman–Crippen MR) is 119 cm³/mol. The van der Waals surface area contributed by atoms with Gasteiger partial charge in [0, 0.05) is 28.3 Å². The van der Waals surface area contributed by atoms with Crippen LogP contribution in [0.2, 0.25) is 0 Å². The molecule has 164 valence electrons. The van der Waals surface area contributed by atoms with E-state index in [1.807, 2.05) is 0 Å². The van der Waals surface area contributed by atoms with Crippen molar-refractivity contribution < 1.29 is 18.8 Å². The SMILES string of the molecule is COc1ccc(Cn2c(=O)c3cc(O)ccc3n(C3CCS(=O)CC3)c2=O)cc1OC. The van der Waals surface area contributed by atoms with E-state index in [1.165, 1.54) is 30.9 Å². The lowest BCUT2D eigenvalue weighted by Crippen LogP contribution is -2.42. The number of aromatic hydroxyl groups is 1. The first-order chi connectivity index (χ1) is 14.9. The molecule has 31 heavy (non-hydrogen) atoms. The number of fused-ring (bicyclic) bond motifs is 1. The normalized spacial score (nSPS) is 18.8. The second-order valence-electron chi connectivity index (χ2n) is 7.51. The lowest BCUT2D eigenvalue weighted by molar-refractivity contribution is 0.354. The lowest BCUT2D eigenvalue weighted by atomic mass is 10.1. The average Bonchev–Trinajstić information content (AvgIpc) is 2.78. The van der Waals surface area contributed by atoms with E-state index in [0.717, 1.165) is 0 Å². The van der Waals surface area contributed by atoms with Crippen molar-refractivity contribution in [3.05, 3.63) is 62.8 Å². The number of hydrogen-bond donors (Lipinski definition) is 1. The van der Waals surface area contributed by atoms with Crippen molar-refractivity contribution in [3.63, 3.8) is 0 Å². The zero-order valence-electron chi connectivity index (χ0n) is 17.4. The minimum atomic E-state index is -0.877. The Kier molecular flexibility index (Phi) is 5.86. The number of nitrogens with zero attached hydrogens (tertiary/aromatic N) is 2. The predicted octanol–water partition coefficient (Wildman–Crippen LogP) is 2.02. The van der Waals surface area contributed by atoms with Crippen LogP contribution in [0.3, 0.4) is 0 Å². The van der Waals surface area contributed by atoms with E-state index in [0.29, 0.717) is 46.9 Å². The summed E-state index contributed by atoms with van der Waals surface area (Å²) in [6.45, 7) is 0.0439. The largest absolute Gasteiger partial charge is 0.508 e. The Balaban J connectivity index is 1.88. The summed E-state index contributed by atoms with van der Waals surface area (Å²) in [5.74, 6) is 2.05. The number of phenolic OH excluding ortho intramolecular Hbond substituents is 1. The Labute approximate surface area is 181 Å². The average molecular weight is 445 g/mol. The number of hydrogen-bond acceptors (Lipinski definition) is 6. The third-order valence-corrected chi connectivity index (χ3v) is 7.05. The van der Waals surface area contributed by atoms with E-state index in [1.54, 1.807) is 28.8 Å². The van der Waals surface area contributed by atoms with Gasteiger partial charge >= 0.3 is 5.69 Å². The standard InChI is InChI=1S/C22H24N2O6S/c1-29-19-6-3-14(11-20(19)30-2)13-23-21(26)17-12-16(25)4-5-18(17)24(22(23)27)15-7-9-31(28)10-8-15/h3-6,11-12,15,25H,7-10,13H2,1-2H3. The van der Waals surface area contributed by atoms with Crippen molar-refractivity contribution in [2.45, 2.75) is 25.4 Å². The van der Waals surface area contributed by atoms with Crippen LogP contribution in [0.4, 0.5) is 0 Å². The molecule has 0 unspecified atom stereocenters. The Morgan fingerprint density at radius 1 is 1.03 bits per heavy atom. The molecule has 0 aliphatic carbocycles. The molecule has 1 N–H and O–H groups in total. The molecule has 1 saturated heterocycles. The highest BCUT2D eigenvalue weighted by molar-refractivity contribution is 7.85. The summed E-state index contributed by atoms with van der Waals surface area (Å²) >= 11 is 0. The fourth-order valence-electron chi connectivity index (χ4n) is 4.06. The Morgan fingerprint density at radius 2 is 1.74 bits per heavy atom. The summed E-state index contributed by atoms with van der Waals surface area (Å²) in [6.07, 6.45) is 1.19. The Hall–Kier alpha value is -3.07. The molecule has 0 bridgehead atoms. The molecular formula is C22H24N2O6S. The van der Waals surface area contributed by atoms with E-state index in [4.69, 9.17) is 9.47 Å². The van der Waals surface area contributed by atoms with Crippen molar-refractivity contribution in [1.29, 1.82) is 0 Å². The highest BCUT2D eigenvalue weighted by atomic mass is 32.2. The maximum atomic E-state index is 13.5. The van der Waals surface area contributed by atoms with Crippen LogP contribution in [0.25, 0.3) is 10.9 Å². The van der Waals surface area contributed by atoms with E-state index >= 15 is 0 Å². The van der Waals surface area contributed by atoms with Crippen molar-refractivity contribution >= 4 is 21.7 Å². The quantitative estimate of drug-likeness (QED) is 0.646. The summed E-state index contributed by atoms with van der Waals surface area (Å²) in [5.41, 5.74) is 0.290. The van der Waals surface area contributed by atoms with Gasteiger partial charge in [0.05, 0.1) is 31.7 Å². The highest BCUT2D eigenvalue weighted by Crippen LogP contribution is 2.28. The summed E-state index contributed by atoms with van der Waals surface area (Å²) in [5, 5.41) is 10.2. The van der Waals surface area contributed by atoms with Crippen LogP contribution in [0.15, 0.2) is 46.0 Å². The highest BCUT2D eigenvalue weighted by Gasteiger charge is 2.24. The zero-order valence-corrected chi connectivity index (χ0v) is 18.2. The van der Waals surface area contributed by atoms with Gasteiger partial charge < -0.3 is 14.6 Å². The van der Waals surface area contributed by atoms with Crippen LogP contribution in [0, 0.1) is 0 Å². The molecule has 1 aliphatic heterocycles. The molecule has 2 heterocycles. The number of ether oxygens (including phenoxy) is 2. The lowest BCUT2D eigenvalue weighted by Gasteiger charge is -2.26. The first kappa shape index (κ1) is 21.2. The second-order valence-corrected chi connectivity index (χ2v) is 9.21. The van der Waals surface area contributed by atoms with Crippen LogP contribution >= 0.6 is 0 Å². The van der Waals surface area contributed by atoms with Crippen molar-refractivity contribution in [2.75, 3.05) is 25.7 Å². The van der Waals surface area contributed by atoms with Gasteiger partial charge in [-0.15, -0.1) is 0 Å². The van der Waals surface area contributed by atoms with Gasteiger partial charge in [0.15, 0.2) is 11.5 Å². The van der Waals surface area contributed by atoms with Gasteiger partial charge in [-0.3, -0.25) is 18.1 Å². The Bertz CT molecular complexity index is 1270. The molecule has 0 atom stereocenters. The summed E-state index contributed by atoms with van der Waals surface area (Å²) in [6, 6.07) is 9.52. The van der Waals surface area contributed by atoms with Crippen molar-refractivity contribution in [2.24, 2.45) is 0 Å². The molecule has 0 amide bonds. The molecule has 1 fully saturated rings.